The number of hydrogen-bond donors (Lipinski definition) is 1. The minimum absolute atomic E-state index is 0.294. The minimum Gasteiger partial charge on any atom is -0.478 e. The third-order valence-corrected chi connectivity index (χ3v) is 3.30. The van der Waals surface area contributed by atoms with Gasteiger partial charge in [0.05, 0.1) is 12.2 Å². The van der Waals surface area contributed by atoms with Gasteiger partial charge in [-0.3, -0.25) is 4.90 Å². The van der Waals surface area contributed by atoms with E-state index in [0.29, 0.717) is 12.2 Å². The average molecular weight is 316 g/mol. The van der Waals surface area contributed by atoms with Crippen LogP contribution in [0.2, 0.25) is 0 Å². The summed E-state index contributed by atoms with van der Waals surface area (Å²) in [6, 6.07) is 5.09. The molecule has 0 atom stereocenters. The van der Waals surface area contributed by atoms with Crippen LogP contribution in [0.25, 0.3) is 0 Å². The monoisotopic (exact) mass is 315 g/mol. The lowest BCUT2D eigenvalue weighted by Gasteiger charge is -2.17. The molecule has 0 aliphatic carbocycles. The van der Waals surface area contributed by atoms with Crippen molar-refractivity contribution >= 4 is 21.9 Å². The highest BCUT2D eigenvalue weighted by atomic mass is 79.9. The first-order chi connectivity index (χ1) is 8.54. The molecule has 18 heavy (non-hydrogen) atoms. The van der Waals surface area contributed by atoms with Gasteiger partial charge in [0.15, 0.2) is 0 Å². The molecule has 0 aromatic heterocycles. The molecule has 0 bridgehead atoms. The zero-order chi connectivity index (χ0) is 13.5. The van der Waals surface area contributed by atoms with Crippen molar-refractivity contribution in [3.63, 3.8) is 0 Å². The number of hydrogen-bond acceptors (Lipinski definition) is 3. The van der Waals surface area contributed by atoms with Gasteiger partial charge in [-0.1, -0.05) is 22.0 Å². The number of rotatable bonds is 7. The van der Waals surface area contributed by atoms with Crippen molar-refractivity contribution in [1.82, 2.24) is 4.90 Å². The van der Waals surface area contributed by atoms with Gasteiger partial charge in [-0.05, 0) is 31.7 Å². The van der Waals surface area contributed by atoms with E-state index in [1.165, 1.54) is 0 Å². The molecule has 0 radical (unpaired) electrons. The average Bonchev–Trinajstić information content (AvgIpc) is 2.32. The van der Waals surface area contributed by atoms with E-state index in [1.54, 1.807) is 12.1 Å². The van der Waals surface area contributed by atoms with Crippen molar-refractivity contribution in [2.45, 2.75) is 13.5 Å². The second kappa shape index (κ2) is 7.51. The summed E-state index contributed by atoms with van der Waals surface area (Å²) in [4.78, 5) is 12.9. The number of carboxylic acids is 1. The second-order valence-corrected chi connectivity index (χ2v) is 4.90. The Kier molecular flexibility index (Phi) is 6.32. The molecular formula is C13H18BrNO3. The van der Waals surface area contributed by atoms with Gasteiger partial charge >= 0.3 is 5.97 Å². The van der Waals surface area contributed by atoms with E-state index >= 15 is 0 Å². The summed E-state index contributed by atoms with van der Waals surface area (Å²) >= 11 is 3.40. The number of carbonyl (C=O) groups is 1. The summed E-state index contributed by atoms with van der Waals surface area (Å²) in [6.45, 7) is 5.01. The van der Waals surface area contributed by atoms with Gasteiger partial charge in [0.1, 0.15) is 0 Å². The maximum atomic E-state index is 10.8. The van der Waals surface area contributed by atoms with Gasteiger partial charge in [-0.2, -0.15) is 0 Å². The summed E-state index contributed by atoms with van der Waals surface area (Å²) in [7, 11) is 2.01. The fourth-order valence-electron chi connectivity index (χ4n) is 1.54. The third-order valence-electron chi connectivity index (χ3n) is 2.56. The number of nitrogens with zero attached hydrogens (tertiary/aromatic N) is 1. The molecule has 4 nitrogen and oxygen atoms in total. The van der Waals surface area contributed by atoms with E-state index < -0.39 is 5.97 Å². The molecular weight excluding hydrogens is 298 g/mol. The zero-order valence-corrected chi connectivity index (χ0v) is 12.2. The quantitative estimate of drug-likeness (QED) is 0.786. The zero-order valence-electron chi connectivity index (χ0n) is 10.6. The number of carboxylic acid groups (broad SMARTS) is 1. The predicted octanol–water partition coefficient (Wildman–Crippen LogP) is 2.62. The summed E-state index contributed by atoms with van der Waals surface area (Å²) in [5, 5.41) is 8.88. The first-order valence-corrected chi connectivity index (χ1v) is 6.62. The SMILES string of the molecule is CCOCCN(C)Cc1ccc(C(=O)O)cc1Br. The smallest absolute Gasteiger partial charge is 0.335 e. The normalized spacial score (nSPS) is 10.9. The fourth-order valence-corrected chi connectivity index (χ4v) is 2.05. The van der Waals surface area contributed by atoms with Crippen molar-refractivity contribution in [2.75, 3.05) is 26.8 Å². The molecule has 0 heterocycles. The number of ether oxygens (including phenoxy) is 1. The van der Waals surface area contributed by atoms with Crippen LogP contribution in [-0.4, -0.2) is 42.8 Å². The van der Waals surface area contributed by atoms with Gasteiger partial charge in [0.25, 0.3) is 0 Å². The number of likely N-dealkylation sites (N-methyl/N-ethyl adjacent to an activating group) is 1. The standard InChI is InChI=1S/C13H18BrNO3/c1-3-18-7-6-15(2)9-11-5-4-10(13(16)17)8-12(11)14/h4-5,8H,3,6-7,9H2,1-2H3,(H,16,17). The number of aromatic carboxylic acids is 1. The van der Waals surface area contributed by atoms with E-state index in [0.717, 1.165) is 29.7 Å². The summed E-state index contributed by atoms with van der Waals surface area (Å²) < 4.78 is 6.12. The lowest BCUT2D eigenvalue weighted by Crippen LogP contribution is -2.23. The molecule has 0 aliphatic rings. The molecule has 0 spiro atoms. The molecule has 1 rings (SSSR count). The van der Waals surface area contributed by atoms with Crippen LogP contribution in [-0.2, 0) is 11.3 Å². The van der Waals surface area contributed by atoms with Crippen LogP contribution in [0.15, 0.2) is 22.7 Å². The number of halogens is 1. The number of benzene rings is 1. The molecule has 100 valence electrons. The first kappa shape index (κ1) is 15.1. The lowest BCUT2D eigenvalue weighted by molar-refractivity contribution is 0.0697. The molecule has 0 unspecified atom stereocenters. The van der Waals surface area contributed by atoms with Gasteiger partial charge in [-0.25, -0.2) is 4.79 Å². The van der Waals surface area contributed by atoms with Crippen LogP contribution < -0.4 is 0 Å². The van der Waals surface area contributed by atoms with Crippen LogP contribution in [0.5, 0.6) is 0 Å². The van der Waals surface area contributed by atoms with E-state index in [9.17, 15) is 4.79 Å². The van der Waals surface area contributed by atoms with E-state index in [-0.39, 0.29) is 0 Å². The van der Waals surface area contributed by atoms with Crippen molar-refractivity contribution < 1.29 is 14.6 Å². The van der Waals surface area contributed by atoms with Crippen molar-refractivity contribution in [1.29, 1.82) is 0 Å². The van der Waals surface area contributed by atoms with Crippen LogP contribution in [0.3, 0.4) is 0 Å². The molecule has 1 N–H and O–H groups in total. The van der Waals surface area contributed by atoms with Crippen LogP contribution >= 0.6 is 15.9 Å². The highest BCUT2D eigenvalue weighted by Gasteiger charge is 2.08. The molecule has 1 aromatic rings. The highest BCUT2D eigenvalue weighted by Crippen LogP contribution is 2.20. The fraction of sp³-hybridized carbons (Fsp3) is 0.462. The summed E-state index contributed by atoms with van der Waals surface area (Å²) in [6.07, 6.45) is 0. The summed E-state index contributed by atoms with van der Waals surface area (Å²) in [5.74, 6) is -0.910. The van der Waals surface area contributed by atoms with E-state index in [4.69, 9.17) is 9.84 Å². The molecule has 0 saturated heterocycles. The van der Waals surface area contributed by atoms with Crippen LogP contribution in [0.1, 0.15) is 22.8 Å². The first-order valence-electron chi connectivity index (χ1n) is 5.82. The Bertz CT molecular complexity index is 409. The highest BCUT2D eigenvalue weighted by molar-refractivity contribution is 9.10. The lowest BCUT2D eigenvalue weighted by atomic mass is 10.1. The van der Waals surface area contributed by atoms with Crippen molar-refractivity contribution in [2.24, 2.45) is 0 Å². The second-order valence-electron chi connectivity index (χ2n) is 4.05. The minimum atomic E-state index is -0.910. The van der Waals surface area contributed by atoms with Gasteiger partial charge in [0.2, 0.25) is 0 Å². The van der Waals surface area contributed by atoms with Gasteiger partial charge in [-0.15, -0.1) is 0 Å². The maximum absolute atomic E-state index is 10.8. The topological polar surface area (TPSA) is 49.8 Å². The third kappa shape index (κ3) is 4.76. The Hall–Kier alpha value is -0.910. The Morgan fingerprint density at radius 1 is 1.50 bits per heavy atom. The van der Waals surface area contributed by atoms with Crippen LogP contribution in [0.4, 0.5) is 0 Å². The van der Waals surface area contributed by atoms with Crippen molar-refractivity contribution in [3.8, 4) is 0 Å². The predicted molar refractivity (Wildman–Crippen MR) is 73.9 cm³/mol. The summed E-state index contributed by atoms with van der Waals surface area (Å²) in [5.41, 5.74) is 1.36. The molecule has 0 saturated carbocycles. The maximum Gasteiger partial charge on any atom is 0.335 e. The molecule has 0 aliphatic heterocycles. The Labute approximate surface area is 116 Å². The van der Waals surface area contributed by atoms with Gasteiger partial charge in [0, 0.05) is 24.2 Å². The Balaban J connectivity index is 2.59. The van der Waals surface area contributed by atoms with E-state index in [1.807, 2.05) is 20.0 Å². The molecule has 1 aromatic carbocycles. The Morgan fingerprint density at radius 2 is 2.22 bits per heavy atom. The Morgan fingerprint density at radius 3 is 2.78 bits per heavy atom. The van der Waals surface area contributed by atoms with Crippen molar-refractivity contribution in [3.05, 3.63) is 33.8 Å². The van der Waals surface area contributed by atoms with E-state index in [2.05, 4.69) is 20.8 Å². The molecule has 0 fully saturated rings. The van der Waals surface area contributed by atoms with Crippen LogP contribution in [0, 0.1) is 0 Å². The largest absolute Gasteiger partial charge is 0.478 e. The molecule has 0 amide bonds. The van der Waals surface area contributed by atoms with Gasteiger partial charge < -0.3 is 9.84 Å². The molecule has 5 heteroatoms.